The number of fused-ring (bicyclic) bond motifs is 1. The van der Waals surface area contributed by atoms with Crippen molar-refractivity contribution >= 4 is 32.7 Å². The van der Waals surface area contributed by atoms with Crippen LogP contribution in [-0.2, 0) is 24.2 Å². The van der Waals surface area contributed by atoms with Crippen molar-refractivity contribution < 1.29 is 31.9 Å². The van der Waals surface area contributed by atoms with Gasteiger partial charge in [-0.05, 0) is 31.0 Å². The Labute approximate surface area is 179 Å². The molecule has 1 unspecified atom stereocenters. The molecular weight excluding hydrogens is 426 g/mol. The smallest absolute Gasteiger partial charge is 0.344 e. The number of hydrogen-bond donors (Lipinski definition) is 0. The van der Waals surface area contributed by atoms with Crippen molar-refractivity contribution in [2.45, 2.75) is 32.2 Å². The van der Waals surface area contributed by atoms with E-state index in [1.165, 1.54) is 17.0 Å². The summed E-state index contributed by atoms with van der Waals surface area (Å²) in [6.07, 6.45) is 1.98. The summed E-state index contributed by atoms with van der Waals surface area (Å²) in [5, 5.41) is 0.709. The van der Waals surface area contributed by atoms with Gasteiger partial charge in [-0.15, -0.1) is 0 Å². The lowest BCUT2D eigenvalue weighted by atomic mass is 10.2. The van der Waals surface area contributed by atoms with E-state index in [0.717, 1.165) is 12.8 Å². The molecule has 2 aromatic rings. The third-order valence-electron chi connectivity index (χ3n) is 5.03. The summed E-state index contributed by atoms with van der Waals surface area (Å²) in [4.78, 5) is 37.4. The van der Waals surface area contributed by atoms with Crippen LogP contribution in [0.5, 0.6) is 5.75 Å². The highest BCUT2D eigenvalue weighted by Crippen LogP contribution is 2.20. The molecule has 2 heterocycles. The molecular formula is C21H25NO8S. The summed E-state index contributed by atoms with van der Waals surface area (Å²) in [5.41, 5.74) is -0.170. The molecule has 0 aliphatic carbocycles. The second kappa shape index (κ2) is 9.95. The van der Waals surface area contributed by atoms with Gasteiger partial charge in [0.05, 0.1) is 11.5 Å². The summed E-state index contributed by atoms with van der Waals surface area (Å²) in [6.45, 7) is 1.49. The first-order valence-electron chi connectivity index (χ1n) is 10.1. The van der Waals surface area contributed by atoms with Crippen LogP contribution in [0.3, 0.4) is 0 Å². The highest BCUT2D eigenvalue weighted by atomic mass is 32.2. The van der Waals surface area contributed by atoms with Crippen molar-refractivity contribution in [3.05, 3.63) is 40.8 Å². The Bertz CT molecular complexity index is 1110. The van der Waals surface area contributed by atoms with Crippen molar-refractivity contribution in [3.8, 4) is 5.75 Å². The second-order valence-corrected chi connectivity index (χ2v) is 9.63. The first kappa shape index (κ1) is 22.8. The Morgan fingerprint density at radius 2 is 1.97 bits per heavy atom. The molecule has 0 bridgehead atoms. The molecule has 0 saturated carbocycles. The molecule has 31 heavy (non-hydrogen) atoms. The molecule has 168 valence electrons. The number of carbonyl (C=O) groups excluding carboxylic acids is 2. The fourth-order valence-corrected chi connectivity index (χ4v) is 5.13. The molecule has 1 aliphatic rings. The molecule has 1 aromatic carbocycles. The van der Waals surface area contributed by atoms with Crippen molar-refractivity contribution in [3.63, 3.8) is 0 Å². The number of unbranched alkanes of at least 4 members (excludes halogenated alkanes) is 1. The fourth-order valence-electron chi connectivity index (χ4n) is 3.40. The van der Waals surface area contributed by atoms with Gasteiger partial charge in [-0.3, -0.25) is 4.79 Å². The Morgan fingerprint density at radius 1 is 1.19 bits per heavy atom. The SMILES string of the molecule is CCCCN(C(=O)COC(=O)COc1ccc2ccc(=O)oc2c1)C1CCS(=O)(=O)C1. The van der Waals surface area contributed by atoms with Gasteiger partial charge < -0.3 is 18.8 Å². The van der Waals surface area contributed by atoms with E-state index in [1.54, 1.807) is 18.2 Å². The highest BCUT2D eigenvalue weighted by molar-refractivity contribution is 7.91. The average Bonchev–Trinajstić information content (AvgIpc) is 3.10. The van der Waals surface area contributed by atoms with Gasteiger partial charge in [0.1, 0.15) is 11.3 Å². The normalized spacial score (nSPS) is 17.4. The third-order valence-corrected chi connectivity index (χ3v) is 6.78. The largest absolute Gasteiger partial charge is 0.482 e. The Hall–Kier alpha value is -2.88. The second-order valence-electron chi connectivity index (χ2n) is 7.40. The number of rotatable bonds is 9. The number of sulfone groups is 1. The van der Waals surface area contributed by atoms with Crippen LogP contribution in [0.15, 0.2) is 39.5 Å². The zero-order valence-corrected chi connectivity index (χ0v) is 18.1. The van der Waals surface area contributed by atoms with Crippen molar-refractivity contribution in [1.82, 2.24) is 4.90 Å². The predicted molar refractivity (Wildman–Crippen MR) is 113 cm³/mol. The quantitative estimate of drug-likeness (QED) is 0.416. The van der Waals surface area contributed by atoms with E-state index in [1.807, 2.05) is 6.92 Å². The monoisotopic (exact) mass is 451 g/mol. The molecule has 0 spiro atoms. The summed E-state index contributed by atoms with van der Waals surface area (Å²) >= 11 is 0. The maximum absolute atomic E-state index is 12.6. The van der Waals surface area contributed by atoms with Gasteiger partial charge in [-0.25, -0.2) is 18.0 Å². The number of nitrogens with zero attached hydrogens (tertiary/aromatic N) is 1. The molecule has 0 radical (unpaired) electrons. The average molecular weight is 451 g/mol. The molecule has 0 N–H and O–H groups in total. The maximum atomic E-state index is 12.6. The lowest BCUT2D eigenvalue weighted by Crippen LogP contribution is -2.44. The van der Waals surface area contributed by atoms with Crippen LogP contribution in [0.25, 0.3) is 11.0 Å². The van der Waals surface area contributed by atoms with Gasteiger partial charge in [-0.1, -0.05) is 13.3 Å². The summed E-state index contributed by atoms with van der Waals surface area (Å²) in [7, 11) is -3.14. The van der Waals surface area contributed by atoms with Crippen LogP contribution in [-0.4, -0.2) is 62.5 Å². The van der Waals surface area contributed by atoms with Crippen molar-refractivity contribution in [2.24, 2.45) is 0 Å². The van der Waals surface area contributed by atoms with Gasteiger partial charge in [0.25, 0.3) is 5.91 Å². The molecule has 1 amide bonds. The van der Waals surface area contributed by atoms with E-state index in [2.05, 4.69) is 0 Å². The number of benzene rings is 1. The zero-order chi connectivity index (χ0) is 22.4. The number of ether oxygens (including phenoxy) is 2. The standard InChI is InChI=1S/C21H25NO8S/c1-2-3-9-22(16-8-10-31(26,27)14-16)19(23)12-29-21(25)13-28-17-6-4-15-5-7-20(24)30-18(15)11-17/h4-7,11,16H,2-3,8-10,12-14H2,1H3. The minimum atomic E-state index is -3.14. The number of esters is 1. The number of hydrogen-bond acceptors (Lipinski definition) is 8. The van der Waals surface area contributed by atoms with Crippen LogP contribution in [0.2, 0.25) is 0 Å². The predicted octanol–water partition coefficient (Wildman–Crippen LogP) is 1.53. The van der Waals surface area contributed by atoms with E-state index in [-0.39, 0.29) is 17.5 Å². The third kappa shape index (κ3) is 6.30. The molecule has 10 heteroatoms. The summed E-state index contributed by atoms with van der Waals surface area (Å²) in [5.74, 6) is -0.843. The van der Waals surface area contributed by atoms with Crippen LogP contribution in [0.4, 0.5) is 0 Å². The van der Waals surface area contributed by atoms with Gasteiger partial charge in [0.2, 0.25) is 0 Å². The van der Waals surface area contributed by atoms with Crippen molar-refractivity contribution in [1.29, 1.82) is 0 Å². The summed E-state index contributed by atoms with van der Waals surface area (Å²) in [6, 6.07) is 7.33. The fraction of sp³-hybridized carbons (Fsp3) is 0.476. The molecule has 9 nitrogen and oxygen atoms in total. The minimum absolute atomic E-state index is 0.0579. The van der Waals surface area contributed by atoms with E-state index >= 15 is 0 Å². The van der Waals surface area contributed by atoms with E-state index in [9.17, 15) is 22.8 Å². The number of carbonyl (C=O) groups is 2. The summed E-state index contributed by atoms with van der Waals surface area (Å²) < 4.78 is 39.0. The molecule has 1 saturated heterocycles. The van der Waals surface area contributed by atoms with Crippen LogP contribution in [0.1, 0.15) is 26.2 Å². The van der Waals surface area contributed by atoms with Crippen LogP contribution < -0.4 is 10.4 Å². The molecule has 1 atom stereocenters. The maximum Gasteiger partial charge on any atom is 0.344 e. The Morgan fingerprint density at radius 3 is 2.68 bits per heavy atom. The van der Waals surface area contributed by atoms with Gasteiger partial charge in [-0.2, -0.15) is 0 Å². The first-order valence-corrected chi connectivity index (χ1v) is 11.9. The van der Waals surface area contributed by atoms with E-state index in [0.29, 0.717) is 29.7 Å². The van der Waals surface area contributed by atoms with Crippen molar-refractivity contribution in [2.75, 3.05) is 31.3 Å². The van der Waals surface area contributed by atoms with E-state index < -0.39 is 40.6 Å². The highest BCUT2D eigenvalue weighted by Gasteiger charge is 2.34. The van der Waals surface area contributed by atoms with Gasteiger partial charge >= 0.3 is 11.6 Å². The topological polar surface area (TPSA) is 120 Å². The van der Waals surface area contributed by atoms with Crippen LogP contribution in [0, 0.1) is 0 Å². The Balaban J connectivity index is 1.52. The lowest BCUT2D eigenvalue weighted by Gasteiger charge is -2.28. The Kier molecular flexibility index (Phi) is 7.32. The molecule has 1 fully saturated rings. The zero-order valence-electron chi connectivity index (χ0n) is 17.2. The van der Waals surface area contributed by atoms with Gasteiger partial charge in [0.15, 0.2) is 23.1 Å². The first-order chi connectivity index (χ1) is 14.8. The van der Waals surface area contributed by atoms with Gasteiger partial charge in [0, 0.05) is 30.1 Å². The van der Waals surface area contributed by atoms with E-state index in [4.69, 9.17) is 13.9 Å². The molecule has 1 aliphatic heterocycles. The number of amides is 1. The van der Waals surface area contributed by atoms with Crippen LogP contribution >= 0.6 is 0 Å². The lowest BCUT2D eigenvalue weighted by molar-refractivity contribution is -0.154. The molecule has 3 rings (SSSR count). The molecule has 1 aromatic heterocycles. The minimum Gasteiger partial charge on any atom is -0.482 e.